The molecule has 1 fully saturated rings. The number of rotatable bonds is 6. The molecule has 1 unspecified atom stereocenters. The van der Waals surface area contributed by atoms with Crippen LogP contribution in [0.3, 0.4) is 0 Å². The quantitative estimate of drug-likeness (QED) is 0.763. The second-order valence-electron chi connectivity index (χ2n) is 6.54. The lowest BCUT2D eigenvalue weighted by Crippen LogP contribution is -3.07. The summed E-state index contributed by atoms with van der Waals surface area (Å²) in [5.41, 5.74) is 1.87. The number of aromatic nitrogens is 3. The molecular weight excluding hydrogens is 322 g/mol. The van der Waals surface area contributed by atoms with Crippen molar-refractivity contribution >= 4 is 18.1 Å². The highest BCUT2D eigenvalue weighted by atomic mass is 32.1. The molecule has 3 rings (SSSR count). The number of carbonyl (C=O) groups excluding carboxylic acids is 1. The SMILES string of the molecule is CNC(=O)c1ccc(C[NH+](C)Cn2nc(C3CC3)n(C)c2=S)cc1. The molecule has 0 spiro atoms. The van der Waals surface area contributed by atoms with Crippen molar-refractivity contribution in [2.75, 3.05) is 14.1 Å². The summed E-state index contributed by atoms with van der Waals surface area (Å²) in [5, 5.41) is 7.34. The van der Waals surface area contributed by atoms with Gasteiger partial charge in [0.25, 0.3) is 5.91 Å². The van der Waals surface area contributed by atoms with Gasteiger partial charge in [0, 0.05) is 31.1 Å². The topological polar surface area (TPSA) is 56.3 Å². The smallest absolute Gasteiger partial charge is 0.251 e. The van der Waals surface area contributed by atoms with Crippen LogP contribution in [-0.4, -0.2) is 34.4 Å². The van der Waals surface area contributed by atoms with Crippen LogP contribution in [0.15, 0.2) is 24.3 Å². The summed E-state index contributed by atoms with van der Waals surface area (Å²) in [6.07, 6.45) is 2.44. The van der Waals surface area contributed by atoms with Gasteiger partial charge in [0.2, 0.25) is 4.77 Å². The summed E-state index contributed by atoms with van der Waals surface area (Å²) in [6, 6.07) is 7.72. The predicted molar refractivity (Wildman–Crippen MR) is 94.4 cm³/mol. The minimum atomic E-state index is -0.0605. The molecule has 24 heavy (non-hydrogen) atoms. The van der Waals surface area contributed by atoms with Gasteiger partial charge in [-0.1, -0.05) is 12.1 Å². The van der Waals surface area contributed by atoms with Gasteiger partial charge in [-0.15, -0.1) is 0 Å². The van der Waals surface area contributed by atoms with E-state index in [0.717, 1.165) is 23.8 Å². The molecule has 0 bridgehead atoms. The molecule has 6 nitrogen and oxygen atoms in total. The molecular formula is C17H24N5OS+. The van der Waals surface area contributed by atoms with Crippen molar-refractivity contribution in [2.24, 2.45) is 7.05 Å². The van der Waals surface area contributed by atoms with Gasteiger partial charge < -0.3 is 14.8 Å². The van der Waals surface area contributed by atoms with Crippen molar-refractivity contribution in [3.05, 3.63) is 46.0 Å². The molecule has 1 aliphatic carbocycles. The van der Waals surface area contributed by atoms with Crippen LogP contribution < -0.4 is 10.2 Å². The maximum Gasteiger partial charge on any atom is 0.251 e. The summed E-state index contributed by atoms with van der Waals surface area (Å²) in [5.74, 6) is 1.65. The van der Waals surface area contributed by atoms with Crippen molar-refractivity contribution in [3.63, 3.8) is 0 Å². The average Bonchev–Trinajstić information content (AvgIpc) is 3.38. The molecule has 1 saturated carbocycles. The number of nitrogens with one attached hydrogen (secondary N) is 2. The molecule has 1 amide bonds. The molecule has 2 aromatic rings. The van der Waals surface area contributed by atoms with Gasteiger partial charge in [-0.05, 0) is 37.2 Å². The first-order valence-corrected chi connectivity index (χ1v) is 8.66. The Balaban J connectivity index is 1.65. The third kappa shape index (κ3) is 3.57. The molecule has 0 aliphatic heterocycles. The molecule has 1 heterocycles. The maximum atomic E-state index is 11.6. The molecule has 1 aromatic carbocycles. The summed E-state index contributed by atoms with van der Waals surface area (Å²) in [6.45, 7) is 1.59. The zero-order chi connectivity index (χ0) is 17.3. The molecule has 1 atom stereocenters. The number of benzene rings is 1. The lowest BCUT2D eigenvalue weighted by molar-refractivity contribution is -0.917. The number of amides is 1. The fraction of sp³-hybridized carbons (Fsp3) is 0.471. The molecule has 0 saturated heterocycles. The van der Waals surface area contributed by atoms with Crippen molar-refractivity contribution in [2.45, 2.75) is 32.0 Å². The normalized spacial score (nSPS) is 15.3. The van der Waals surface area contributed by atoms with Crippen LogP contribution in [0.2, 0.25) is 0 Å². The van der Waals surface area contributed by atoms with Crippen molar-refractivity contribution in [1.82, 2.24) is 19.7 Å². The van der Waals surface area contributed by atoms with E-state index in [4.69, 9.17) is 17.3 Å². The molecule has 2 N–H and O–H groups in total. The largest absolute Gasteiger partial charge is 0.355 e. The summed E-state index contributed by atoms with van der Waals surface area (Å²) < 4.78 is 4.75. The minimum Gasteiger partial charge on any atom is -0.355 e. The zero-order valence-electron chi connectivity index (χ0n) is 14.4. The highest BCUT2D eigenvalue weighted by Gasteiger charge is 2.29. The number of carbonyl (C=O) groups is 1. The second kappa shape index (κ2) is 6.86. The first kappa shape index (κ1) is 16.9. The van der Waals surface area contributed by atoms with E-state index in [1.807, 2.05) is 40.6 Å². The molecule has 1 aromatic heterocycles. The van der Waals surface area contributed by atoms with E-state index < -0.39 is 0 Å². The standard InChI is InChI=1S/C17H23N5OS/c1-18-16(23)14-6-4-12(5-7-14)10-20(2)11-22-17(24)21(3)15(19-22)13-8-9-13/h4-7,13H,8-11H2,1-3H3,(H,18,23)/p+1. The van der Waals surface area contributed by atoms with E-state index >= 15 is 0 Å². The first-order valence-electron chi connectivity index (χ1n) is 8.25. The van der Waals surface area contributed by atoms with Crippen LogP contribution in [0, 0.1) is 4.77 Å². The summed E-state index contributed by atoms with van der Waals surface area (Å²) >= 11 is 5.51. The average molecular weight is 346 g/mol. The third-order valence-corrected chi connectivity index (χ3v) is 4.87. The Kier molecular flexibility index (Phi) is 4.82. The Morgan fingerprint density at radius 3 is 2.62 bits per heavy atom. The van der Waals surface area contributed by atoms with E-state index in [-0.39, 0.29) is 5.91 Å². The number of quaternary nitrogens is 1. The van der Waals surface area contributed by atoms with Gasteiger partial charge in [0.05, 0.1) is 7.05 Å². The Hall–Kier alpha value is -1.99. The predicted octanol–water partition coefficient (Wildman–Crippen LogP) is 0.860. The fourth-order valence-electron chi connectivity index (χ4n) is 2.88. The number of hydrogen-bond acceptors (Lipinski definition) is 3. The fourth-order valence-corrected chi connectivity index (χ4v) is 3.08. The van der Waals surface area contributed by atoms with E-state index in [0.29, 0.717) is 11.5 Å². The second-order valence-corrected chi connectivity index (χ2v) is 6.91. The van der Waals surface area contributed by atoms with Gasteiger partial charge in [0.15, 0.2) is 6.67 Å². The van der Waals surface area contributed by atoms with Gasteiger partial charge in [-0.3, -0.25) is 4.79 Å². The van der Waals surface area contributed by atoms with Crippen LogP contribution in [0.1, 0.15) is 40.5 Å². The first-order chi connectivity index (χ1) is 11.5. The number of nitrogens with zero attached hydrogens (tertiary/aromatic N) is 3. The third-order valence-electron chi connectivity index (χ3n) is 4.39. The lowest BCUT2D eigenvalue weighted by Gasteiger charge is -2.14. The zero-order valence-corrected chi connectivity index (χ0v) is 15.2. The van der Waals surface area contributed by atoms with E-state index in [9.17, 15) is 4.79 Å². The van der Waals surface area contributed by atoms with Crippen LogP contribution in [-0.2, 0) is 20.3 Å². The molecule has 7 heteroatoms. The van der Waals surface area contributed by atoms with Crippen LogP contribution in [0.5, 0.6) is 0 Å². The van der Waals surface area contributed by atoms with Crippen LogP contribution in [0.4, 0.5) is 0 Å². The van der Waals surface area contributed by atoms with Gasteiger partial charge in [-0.2, -0.15) is 9.78 Å². The van der Waals surface area contributed by atoms with Gasteiger partial charge >= 0.3 is 0 Å². The molecule has 0 radical (unpaired) electrons. The summed E-state index contributed by atoms with van der Waals surface area (Å²) in [4.78, 5) is 12.9. The molecule has 1 aliphatic rings. The van der Waals surface area contributed by atoms with Crippen molar-refractivity contribution in [3.8, 4) is 0 Å². The molecule has 128 valence electrons. The highest BCUT2D eigenvalue weighted by molar-refractivity contribution is 7.71. The summed E-state index contributed by atoms with van der Waals surface area (Å²) in [7, 11) is 5.77. The van der Waals surface area contributed by atoms with Crippen molar-refractivity contribution < 1.29 is 9.69 Å². The highest BCUT2D eigenvalue weighted by Crippen LogP contribution is 2.38. The van der Waals surface area contributed by atoms with Crippen LogP contribution in [0.25, 0.3) is 0 Å². The Morgan fingerprint density at radius 2 is 2.04 bits per heavy atom. The lowest BCUT2D eigenvalue weighted by atomic mass is 10.1. The minimum absolute atomic E-state index is 0.0605. The Bertz CT molecular complexity index is 788. The monoisotopic (exact) mass is 346 g/mol. The van der Waals surface area contributed by atoms with Gasteiger partial charge in [0.1, 0.15) is 12.4 Å². The van der Waals surface area contributed by atoms with Crippen LogP contribution >= 0.6 is 12.2 Å². The van der Waals surface area contributed by atoms with Crippen molar-refractivity contribution in [1.29, 1.82) is 0 Å². The maximum absolute atomic E-state index is 11.6. The van der Waals surface area contributed by atoms with E-state index in [1.54, 1.807) is 7.05 Å². The number of hydrogen-bond donors (Lipinski definition) is 2. The van der Waals surface area contributed by atoms with E-state index in [2.05, 4.69) is 12.4 Å². The van der Waals surface area contributed by atoms with E-state index in [1.165, 1.54) is 23.3 Å². The Morgan fingerprint density at radius 1 is 1.38 bits per heavy atom. The Labute approximate surface area is 147 Å². The van der Waals surface area contributed by atoms with Gasteiger partial charge in [-0.25, -0.2) is 0 Å².